The number of nitrogens with zero attached hydrogens (tertiary/aromatic N) is 1. The summed E-state index contributed by atoms with van der Waals surface area (Å²) < 4.78 is 15.0. The Balaban J connectivity index is 1.96. The van der Waals surface area contributed by atoms with E-state index in [0.29, 0.717) is 13.0 Å². The van der Waals surface area contributed by atoms with Gasteiger partial charge in [0.2, 0.25) is 0 Å². The summed E-state index contributed by atoms with van der Waals surface area (Å²) in [6.45, 7) is 6.49. The second kappa shape index (κ2) is 5.33. The van der Waals surface area contributed by atoms with Crippen molar-refractivity contribution in [1.29, 1.82) is 0 Å². The standard InChI is InChI=1S/C14H19FN2S/c1-14(2,3)16-9-10(15)8-13-17-11-6-4-5-7-12(11)18-13/h4-7,10,16H,8-9H2,1-3H3. The van der Waals surface area contributed by atoms with E-state index in [1.807, 2.05) is 45.0 Å². The molecule has 1 heterocycles. The van der Waals surface area contributed by atoms with Crippen molar-refractivity contribution < 1.29 is 4.39 Å². The first-order valence-corrected chi connectivity index (χ1v) is 6.99. The van der Waals surface area contributed by atoms with Crippen molar-refractivity contribution >= 4 is 21.6 Å². The largest absolute Gasteiger partial charge is 0.309 e. The van der Waals surface area contributed by atoms with Crippen LogP contribution in [-0.2, 0) is 6.42 Å². The Bertz CT molecular complexity index is 483. The van der Waals surface area contributed by atoms with E-state index in [1.165, 1.54) is 0 Å². The zero-order valence-electron chi connectivity index (χ0n) is 11.0. The predicted molar refractivity (Wildman–Crippen MR) is 76.0 cm³/mol. The fourth-order valence-electron chi connectivity index (χ4n) is 1.69. The fourth-order valence-corrected chi connectivity index (χ4v) is 2.71. The molecule has 1 aromatic carbocycles. The summed E-state index contributed by atoms with van der Waals surface area (Å²) in [5.41, 5.74) is 0.922. The molecule has 0 saturated heterocycles. The molecule has 18 heavy (non-hydrogen) atoms. The van der Waals surface area contributed by atoms with Gasteiger partial charge in [0.15, 0.2) is 0 Å². The minimum Gasteiger partial charge on any atom is -0.309 e. The third kappa shape index (κ3) is 3.75. The van der Waals surface area contributed by atoms with Crippen molar-refractivity contribution in [3.63, 3.8) is 0 Å². The molecular formula is C14H19FN2S. The molecule has 0 saturated carbocycles. The lowest BCUT2D eigenvalue weighted by Crippen LogP contribution is -2.40. The molecule has 0 spiro atoms. The first-order valence-electron chi connectivity index (χ1n) is 6.17. The number of aromatic nitrogens is 1. The number of para-hydroxylation sites is 1. The van der Waals surface area contributed by atoms with Crippen molar-refractivity contribution in [3.8, 4) is 0 Å². The van der Waals surface area contributed by atoms with Crippen LogP contribution < -0.4 is 5.32 Å². The van der Waals surface area contributed by atoms with Crippen molar-refractivity contribution in [3.05, 3.63) is 29.3 Å². The Morgan fingerprint density at radius 1 is 1.33 bits per heavy atom. The van der Waals surface area contributed by atoms with Gasteiger partial charge in [0.05, 0.1) is 15.2 Å². The maximum Gasteiger partial charge on any atom is 0.119 e. The van der Waals surface area contributed by atoms with Gasteiger partial charge in [-0.25, -0.2) is 9.37 Å². The maximum atomic E-state index is 13.9. The molecule has 98 valence electrons. The quantitative estimate of drug-likeness (QED) is 0.915. The van der Waals surface area contributed by atoms with E-state index in [0.717, 1.165) is 15.2 Å². The van der Waals surface area contributed by atoms with Crippen molar-refractivity contribution in [2.45, 2.75) is 38.9 Å². The second-order valence-electron chi connectivity index (χ2n) is 5.51. The summed E-state index contributed by atoms with van der Waals surface area (Å²) in [5.74, 6) is 0. The van der Waals surface area contributed by atoms with E-state index in [2.05, 4.69) is 10.3 Å². The summed E-state index contributed by atoms with van der Waals surface area (Å²) in [4.78, 5) is 4.45. The fraction of sp³-hybridized carbons (Fsp3) is 0.500. The number of benzene rings is 1. The van der Waals surface area contributed by atoms with Crippen LogP contribution in [0.15, 0.2) is 24.3 Å². The second-order valence-corrected chi connectivity index (χ2v) is 6.62. The monoisotopic (exact) mass is 266 g/mol. The van der Waals surface area contributed by atoms with Gasteiger partial charge in [0, 0.05) is 18.5 Å². The highest BCUT2D eigenvalue weighted by molar-refractivity contribution is 7.18. The van der Waals surface area contributed by atoms with E-state index < -0.39 is 6.17 Å². The number of fused-ring (bicyclic) bond motifs is 1. The Hall–Kier alpha value is -1.00. The first kappa shape index (κ1) is 13.4. The Labute approximate surface area is 111 Å². The molecule has 0 aliphatic carbocycles. The Morgan fingerprint density at radius 3 is 2.72 bits per heavy atom. The number of thiazole rings is 1. The van der Waals surface area contributed by atoms with Gasteiger partial charge in [-0.05, 0) is 32.9 Å². The lowest BCUT2D eigenvalue weighted by Gasteiger charge is -2.21. The van der Waals surface area contributed by atoms with Gasteiger partial charge in [-0.2, -0.15) is 0 Å². The third-order valence-corrected chi connectivity index (χ3v) is 3.65. The van der Waals surface area contributed by atoms with E-state index in [-0.39, 0.29) is 5.54 Å². The summed E-state index contributed by atoms with van der Waals surface area (Å²) >= 11 is 1.58. The van der Waals surface area contributed by atoms with Crippen LogP contribution in [0.4, 0.5) is 4.39 Å². The van der Waals surface area contributed by atoms with E-state index in [1.54, 1.807) is 11.3 Å². The van der Waals surface area contributed by atoms with Gasteiger partial charge in [0.1, 0.15) is 6.17 Å². The van der Waals surface area contributed by atoms with Crippen molar-refractivity contribution in [2.75, 3.05) is 6.54 Å². The van der Waals surface area contributed by atoms with Crippen molar-refractivity contribution in [2.24, 2.45) is 0 Å². The highest BCUT2D eigenvalue weighted by atomic mass is 32.1. The van der Waals surface area contributed by atoms with Gasteiger partial charge in [0.25, 0.3) is 0 Å². The number of rotatable bonds is 4. The third-order valence-electron chi connectivity index (χ3n) is 2.59. The molecule has 0 amide bonds. The lowest BCUT2D eigenvalue weighted by molar-refractivity contribution is 0.284. The zero-order chi connectivity index (χ0) is 13.2. The molecule has 2 rings (SSSR count). The molecule has 1 unspecified atom stereocenters. The minimum atomic E-state index is -0.884. The normalized spacial score (nSPS) is 14.0. The molecule has 2 nitrogen and oxygen atoms in total. The SMILES string of the molecule is CC(C)(C)NCC(F)Cc1nc2ccccc2s1. The van der Waals surface area contributed by atoms with E-state index in [9.17, 15) is 4.39 Å². The molecule has 0 aliphatic rings. The van der Waals surface area contributed by atoms with Crippen LogP contribution in [0.3, 0.4) is 0 Å². The van der Waals surface area contributed by atoms with Crippen LogP contribution in [0.25, 0.3) is 10.2 Å². The molecule has 0 fully saturated rings. The Kier molecular flexibility index (Phi) is 3.97. The molecule has 1 N–H and O–H groups in total. The van der Waals surface area contributed by atoms with E-state index >= 15 is 0 Å². The highest BCUT2D eigenvalue weighted by Crippen LogP contribution is 2.22. The summed E-state index contributed by atoms with van der Waals surface area (Å²) in [6, 6.07) is 7.94. The average molecular weight is 266 g/mol. The highest BCUT2D eigenvalue weighted by Gasteiger charge is 2.15. The van der Waals surface area contributed by atoms with Crippen LogP contribution in [-0.4, -0.2) is 23.2 Å². The molecule has 1 atom stereocenters. The number of hydrogen-bond acceptors (Lipinski definition) is 3. The van der Waals surface area contributed by atoms with Gasteiger partial charge >= 0.3 is 0 Å². The van der Waals surface area contributed by atoms with Crippen LogP contribution in [0.2, 0.25) is 0 Å². The van der Waals surface area contributed by atoms with Crippen LogP contribution in [0.5, 0.6) is 0 Å². The summed E-state index contributed by atoms with van der Waals surface area (Å²) in [7, 11) is 0. The summed E-state index contributed by atoms with van der Waals surface area (Å²) in [6.07, 6.45) is -0.493. The van der Waals surface area contributed by atoms with Gasteiger partial charge in [-0.15, -0.1) is 11.3 Å². The molecule has 4 heteroatoms. The van der Waals surface area contributed by atoms with Gasteiger partial charge in [-0.3, -0.25) is 0 Å². The zero-order valence-corrected chi connectivity index (χ0v) is 11.9. The average Bonchev–Trinajstić information content (AvgIpc) is 2.67. The maximum absolute atomic E-state index is 13.9. The molecule has 0 bridgehead atoms. The number of nitrogens with one attached hydrogen (secondary N) is 1. The van der Waals surface area contributed by atoms with Crippen LogP contribution in [0, 0.1) is 0 Å². The first-order chi connectivity index (χ1) is 8.44. The molecule has 0 radical (unpaired) electrons. The number of alkyl halides is 1. The van der Waals surface area contributed by atoms with Gasteiger partial charge < -0.3 is 5.32 Å². The number of hydrogen-bond donors (Lipinski definition) is 1. The lowest BCUT2D eigenvalue weighted by atomic mass is 10.1. The Morgan fingerprint density at radius 2 is 2.06 bits per heavy atom. The molecule has 2 aromatic rings. The van der Waals surface area contributed by atoms with E-state index in [4.69, 9.17) is 0 Å². The molecular weight excluding hydrogens is 247 g/mol. The predicted octanol–water partition coefficient (Wildman–Crippen LogP) is 3.57. The number of halogens is 1. The van der Waals surface area contributed by atoms with Crippen LogP contribution >= 0.6 is 11.3 Å². The van der Waals surface area contributed by atoms with Gasteiger partial charge in [-0.1, -0.05) is 12.1 Å². The van der Waals surface area contributed by atoms with Crippen LogP contribution in [0.1, 0.15) is 25.8 Å². The topological polar surface area (TPSA) is 24.9 Å². The minimum absolute atomic E-state index is 0.0437. The molecule has 1 aromatic heterocycles. The molecule has 0 aliphatic heterocycles. The summed E-state index contributed by atoms with van der Waals surface area (Å²) in [5, 5.41) is 4.05. The van der Waals surface area contributed by atoms with Crippen molar-refractivity contribution in [1.82, 2.24) is 10.3 Å². The smallest absolute Gasteiger partial charge is 0.119 e.